The van der Waals surface area contributed by atoms with Gasteiger partial charge in [-0.05, 0) is 43.7 Å². The summed E-state index contributed by atoms with van der Waals surface area (Å²) in [5, 5.41) is 3.87. The van der Waals surface area contributed by atoms with Crippen LogP contribution in [0.25, 0.3) is 22.2 Å². The zero-order chi connectivity index (χ0) is 20.1. The Morgan fingerprint density at radius 1 is 1.07 bits per heavy atom. The Labute approximate surface area is 165 Å². The van der Waals surface area contributed by atoms with E-state index in [0.29, 0.717) is 29.3 Å². The summed E-state index contributed by atoms with van der Waals surface area (Å²) in [5.74, 6) is 1.27. The van der Waals surface area contributed by atoms with Gasteiger partial charge >= 0.3 is 0 Å². The lowest BCUT2D eigenvalue weighted by molar-refractivity contribution is 0.0955. The number of methoxy groups -OCH3 is 2. The Balaban J connectivity index is 2.14. The third-order valence-corrected chi connectivity index (χ3v) is 4.71. The predicted molar refractivity (Wildman–Crippen MR) is 112 cm³/mol. The summed E-state index contributed by atoms with van der Waals surface area (Å²) in [4.78, 5) is 17.7. The number of ether oxygens (including phenoxy) is 2. The first-order valence-electron chi connectivity index (χ1n) is 9.49. The fourth-order valence-corrected chi connectivity index (χ4v) is 3.15. The van der Waals surface area contributed by atoms with Gasteiger partial charge in [-0.2, -0.15) is 0 Å². The summed E-state index contributed by atoms with van der Waals surface area (Å²) in [5.41, 5.74) is 4.00. The summed E-state index contributed by atoms with van der Waals surface area (Å²) in [6, 6.07) is 13.4. The summed E-state index contributed by atoms with van der Waals surface area (Å²) >= 11 is 0. The van der Waals surface area contributed by atoms with E-state index in [1.807, 2.05) is 49.4 Å². The lowest BCUT2D eigenvalue weighted by atomic mass is 10.0. The Morgan fingerprint density at radius 2 is 1.89 bits per heavy atom. The van der Waals surface area contributed by atoms with Gasteiger partial charge in [0.15, 0.2) is 0 Å². The van der Waals surface area contributed by atoms with E-state index < -0.39 is 0 Å². The van der Waals surface area contributed by atoms with E-state index in [2.05, 4.69) is 12.2 Å². The van der Waals surface area contributed by atoms with Crippen LogP contribution in [0.1, 0.15) is 35.7 Å². The first kappa shape index (κ1) is 19.7. The molecule has 5 nitrogen and oxygen atoms in total. The van der Waals surface area contributed by atoms with Crippen LogP contribution in [-0.4, -0.2) is 31.7 Å². The molecule has 0 radical (unpaired) electrons. The number of nitrogens with one attached hydrogen (secondary N) is 1. The Kier molecular flexibility index (Phi) is 6.14. The van der Waals surface area contributed by atoms with Crippen molar-refractivity contribution in [3.8, 4) is 22.8 Å². The molecule has 146 valence electrons. The normalized spacial score (nSPS) is 10.7. The molecule has 3 aromatic rings. The largest absolute Gasteiger partial charge is 0.497 e. The number of hydrogen-bond acceptors (Lipinski definition) is 4. The summed E-state index contributed by atoms with van der Waals surface area (Å²) in [6.07, 6.45) is 1.98. The van der Waals surface area contributed by atoms with E-state index in [1.165, 1.54) is 0 Å². The van der Waals surface area contributed by atoms with Gasteiger partial charge < -0.3 is 14.8 Å². The maximum atomic E-state index is 12.9. The Morgan fingerprint density at radius 3 is 2.61 bits per heavy atom. The topological polar surface area (TPSA) is 60.5 Å². The second-order valence-corrected chi connectivity index (χ2v) is 6.75. The SMILES string of the molecule is CCCCNC(=O)c1cc(-c2ccc(OC)cc2OC)nc2ccc(C)cc12. The molecule has 1 aromatic heterocycles. The number of carbonyl (C=O) groups is 1. The number of unbranched alkanes of at least 4 members (excludes halogenated alkanes) is 1. The molecule has 0 spiro atoms. The van der Waals surface area contributed by atoms with E-state index in [-0.39, 0.29) is 5.91 Å². The minimum Gasteiger partial charge on any atom is -0.497 e. The van der Waals surface area contributed by atoms with Crippen LogP contribution >= 0.6 is 0 Å². The maximum absolute atomic E-state index is 12.9. The van der Waals surface area contributed by atoms with Gasteiger partial charge in [0.25, 0.3) is 5.91 Å². The first-order chi connectivity index (χ1) is 13.6. The molecule has 0 fully saturated rings. The first-order valence-corrected chi connectivity index (χ1v) is 9.49. The number of aromatic nitrogens is 1. The molecule has 0 aliphatic carbocycles. The zero-order valence-corrected chi connectivity index (χ0v) is 16.8. The Bertz CT molecular complexity index is 999. The smallest absolute Gasteiger partial charge is 0.252 e. The third-order valence-electron chi connectivity index (χ3n) is 4.71. The third kappa shape index (κ3) is 4.09. The van der Waals surface area contributed by atoms with Gasteiger partial charge in [0.05, 0.1) is 31.0 Å². The number of pyridine rings is 1. The standard InChI is InChI=1S/C23H26N2O3/c1-5-6-11-24-23(26)19-14-21(25-20-10-7-15(2)12-18(19)20)17-9-8-16(27-3)13-22(17)28-4/h7-10,12-14H,5-6,11H2,1-4H3,(H,24,26). The number of nitrogens with zero attached hydrogens (tertiary/aromatic N) is 1. The van der Waals surface area contributed by atoms with E-state index in [0.717, 1.165) is 34.9 Å². The van der Waals surface area contributed by atoms with Gasteiger partial charge in [0.1, 0.15) is 11.5 Å². The highest BCUT2D eigenvalue weighted by atomic mass is 16.5. The Hall–Kier alpha value is -3.08. The lowest BCUT2D eigenvalue weighted by Crippen LogP contribution is -2.24. The summed E-state index contributed by atoms with van der Waals surface area (Å²) in [6.45, 7) is 4.77. The van der Waals surface area contributed by atoms with Gasteiger partial charge in [0, 0.05) is 23.6 Å². The van der Waals surface area contributed by atoms with Crippen molar-refractivity contribution in [3.05, 3.63) is 53.6 Å². The van der Waals surface area contributed by atoms with E-state index in [1.54, 1.807) is 14.2 Å². The van der Waals surface area contributed by atoms with Gasteiger partial charge in [-0.3, -0.25) is 4.79 Å². The molecule has 2 aromatic carbocycles. The molecular formula is C23H26N2O3. The molecule has 28 heavy (non-hydrogen) atoms. The number of benzene rings is 2. The van der Waals surface area contributed by atoms with Crippen molar-refractivity contribution >= 4 is 16.8 Å². The van der Waals surface area contributed by atoms with Crippen molar-refractivity contribution in [2.24, 2.45) is 0 Å². The second kappa shape index (κ2) is 8.74. The summed E-state index contributed by atoms with van der Waals surface area (Å²) < 4.78 is 10.8. The van der Waals surface area contributed by atoms with Crippen LogP contribution in [0.2, 0.25) is 0 Å². The zero-order valence-electron chi connectivity index (χ0n) is 16.8. The van der Waals surface area contributed by atoms with Crippen molar-refractivity contribution < 1.29 is 14.3 Å². The maximum Gasteiger partial charge on any atom is 0.252 e. The minimum absolute atomic E-state index is 0.0832. The summed E-state index contributed by atoms with van der Waals surface area (Å²) in [7, 11) is 3.23. The quantitative estimate of drug-likeness (QED) is 0.602. The molecule has 0 bridgehead atoms. The molecule has 3 rings (SSSR count). The van der Waals surface area contributed by atoms with Crippen molar-refractivity contribution in [1.82, 2.24) is 10.3 Å². The van der Waals surface area contributed by atoms with Gasteiger partial charge in [0.2, 0.25) is 0 Å². The molecule has 1 amide bonds. The van der Waals surface area contributed by atoms with Crippen molar-refractivity contribution in [2.45, 2.75) is 26.7 Å². The van der Waals surface area contributed by atoms with Crippen LogP contribution in [-0.2, 0) is 0 Å². The number of amides is 1. The molecule has 1 heterocycles. The van der Waals surface area contributed by atoms with E-state index in [4.69, 9.17) is 14.5 Å². The van der Waals surface area contributed by atoms with Crippen LogP contribution in [0.15, 0.2) is 42.5 Å². The highest BCUT2D eigenvalue weighted by Gasteiger charge is 2.16. The van der Waals surface area contributed by atoms with Crippen LogP contribution in [0.4, 0.5) is 0 Å². The van der Waals surface area contributed by atoms with Crippen LogP contribution in [0, 0.1) is 6.92 Å². The van der Waals surface area contributed by atoms with Gasteiger partial charge in [-0.15, -0.1) is 0 Å². The molecule has 0 unspecified atom stereocenters. The minimum atomic E-state index is -0.0832. The number of rotatable bonds is 7. The van der Waals surface area contributed by atoms with Crippen molar-refractivity contribution in [3.63, 3.8) is 0 Å². The number of carbonyl (C=O) groups excluding carboxylic acids is 1. The number of aryl methyl sites for hydroxylation is 1. The van der Waals surface area contributed by atoms with E-state index >= 15 is 0 Å². The monoisotopic (exact) mass is 378 g/mol. The number of fused-ring (bicyclic) bond motifs is 1. The van der Waals surface area contributed by atoms with E-state index in [9.17, 15) is 4.79 Å². The van der Waals surface area contributed by atoms with Crippen LogP contribution in [0.5, 0.6) is 11.5 Å². The van der Waals surface area contributed by atoms with Crippen molar-refractivity contribution in [2.75, 3.05) is 20.8 Å². The molecular weight excluding hydrogens is 352 g/mol. The van der Waals surface area contributed by atoms with Gasteiger partial charge in [-0.1, -0.05) is 25.0 Å². The second-order valence-electron chi connectivity index (χ2n) is 6.75. The van der Waals surface area contributed by atoms with Gasteiger partial charge in [-0.25, -0.2) is 4.98 Å². The number of hydrogen-bond donors (Lipinski definition) is 1. The predicted octanol–water partition coefficient (Wildman–Crippen LogP) is 4.76. The average molecular weight is 378 g/mol. The molecule has 0 saturated carbocycles. The lowest BCUT2D eigenvalue weighted by Gasteiger charge is -2.14. The van der Waals surface area contributed by atoms with Crippen LogP contribution in [0.3, 0.4) is 0 Å². The molecule has 0 atom stereocenters. The highest BCUT2D eigenvalue weighted by molar-refractivity contribution is 6.07. The van der Waals surface area contributed by atoms with Crippen LogP contribution < -0.4 is 14.8 Å². The highest BCUT2D eigenvalue weighted by Crippen LogP contribution is 2.34. The fraction of sp³-hybridized carbons (Fsp3) is 0.304. The molecule has 0 aliphatic rings. The molecule has 5 heteroatoms. The molecule has 0 saturated heterocycles. The fourth-order valence-electron chi connectivity index (χ4n) is 3.15. The molecule has 0 aliphatic heterocycles. The average Bonchev–Trinajstić information content (AvgIpc) is 2.72. The van der Waals surface area contributed by atoms with Crippen molar-refractivity contribution in [1.29, 1.82) is 0 Å². The molecule has 1 N–H and O–H groups in total.